The smallest absolute Gasteiger partial charge is 0.254 e. The molecule has 108 valence electrons. The van der Waals surface area contributed by atoms with Crippen LogP contribution in [0.5, 0.6) is 0 Å². The zero-order chi connectivity index (χ0) is 15.0. The van der Waals surface area contributed by atoms with Crippen LogP contribution >= 0.6 is 11.6 Å². The van der Waals surface area contributed by atoms with Gasteiger partial charge in [0.2, 0.25) is 0 Å². The van der Waals surface area contributed by atoms with Crippen molar-refractivity contribution in [3.63, 3.8) is 0 Å². The van der Waals surface area contributed by atoms with Crippen molar-refractivity contribution in [3.05, 3.63) is 63.7 Å². The summed E-state index contributed by atoms with van der Waals surface area (Å²) in [6.45, 7) is 3.20. The van der Waals surface area contributed by atoms with Gasteiger partial charge in [-0.15, -0.1) is 0 Å². The zero-order valence-electron chi connectivity index (χ0n) is 11.9. The predicted molar refractivity (Wildman–Crippen MR) is 85.5 cm³/mol. The van der Waals surface area contributed by atoms with E-state index in [-0.39, 0.29) is 5.91 Å². The fraction of sp³-hybridized carbons (Fsp3) is 0.235. The van der Waals surface area contributed by atoms with Crippen molar-refractivity contribution in [3.8, 4) is 0 Å². The van der Waals surface area contributed by atoms with E-state index in [0.29, 0.717) is 17.1 Å². The lowest BCUT2D eigenvalue weighted by Gasteiger charge is -2.30. The summed E-state index contributed by atoms with van der Waals surface area (Å²) in [5.74, 6) is 0.0312. The molecule has 0 bridgehead atoms. The number of anilines is 1. The molecule has 1 heterocycles. The second kappa shape index (κ2) is 5.41. The van der Waals surface area contributed by atoms with E-state index < -0.39 is 0 Å². The maximum absolute atomic E-state index is 12.6. The van der Waals surface area contributed by atoms with Gasteiger partial charge in [-0.05, 0) is 54.3 Å². The van der Waals surface area contributed by atoms with Gasteiger partial charge in [0.05, 0.1) is 0 Å². The largest absolute Gasteiger partial charge is 0.398 e. The minimum absolute atomic E-state index is 0.0312. The Balaban J connectivity index is 1.87. The molecule has 0 aromatic heterocycles. The molecular formula is C17H17ClN2O. The van der Waals surface area contributed by atoms with Crippen LogP contribution in [-0.2, 0) is 13.0 Å². The summed E-state index contributed by atoms with van der Waals surface area (Å²) in [7, 11) is 0. The number of nitrogens with two attached hydrogens (primary N) is 1. The number of halogens is 1. The summed E-state index contributed by atoms with van der Waals surface area (Å²) < 4.78 is 0. The molecule has 2 aromatic carbocycles. The van der Waals surface area contributed by atoms with E-state index in [4.69, 9.17) is 17.3 Å². The fourth-order valence-corrected chi connectivity index (χ4v) is 2.86. The molecule has 4 heteroatoms. The van der Waals surface area contributed by atoms with E-state index in [9.17, 15) is 4.79 Å². The van der Waals surface area contributed by atoms with E-state index in [1.54, 1.807) is 12.1 Å². The van der Waals surface area contributed by atoms with Gasteiger partial charge in [0, 0.05) is 29.4 Å². The highest BCUT2D eigenvalue weighted by molar-refractivity contribution is 6.31. The Hall–Kier alpha value is -2.00. The Morgan fingerprint density at radius 1 is 1.29 bits per heavy atom. The van der Waals surface area contributed by atoms with Crippen molar-refractivity contribution in [2.24, 2.45) is 0 Å². The number of benzene rings is 2. The number of carbonyl (C=O) groups excluding carboxylic acids is 1. The fourth-order valence-electron chi connectivity index (χ4n) is 2.74. The number of hydrogen-bond acceptors (Lipinski definition) is 2. The highest BCUT2D eigenvalue weighted by Gasteiger charge is 2.23. The molecule has 0 unspecified atom stereocenters. The van der Waals surface area contributed by atoms with Crippen molar-refractivity contribution in [2.75, 3.05) is 12.3 Å². The normalized spacial score (nSPS) is 13.9. The van der Waals surface area contributed by atoms with Crippen molar-refractivity contribution in [2.45, 2.75) is 19.9 Å². The highest BCUT2D eigenvalue weighted by atomic mass is 35.5. The maximum Gasteiger partial charge on any atom is 0.254 e. The van der Waals surface area contributed by atoms with E-state index in [2.05, 4.69) is 6.07 Å². The molecule has 0 saturated heterocycles. The van der Waals surface area contributed by atoms with Gasteiger partial charge in [-0.2, -0.15) is 0 Å². The summed E-state index contributed by atoms with van der Waals surface area (Å²) in [5, 5.41) is 0.680. The lowest BCUT2D eigenvalue weighted by Crippen LogP contribution is -2.36. The van der Waals surface area contributed by atoms with E-state index >= 15 is 0 Å². The zero-order valence-corrected chi connectivity index (χ0v) is 12.7. The molecule has 2 aromatic rings. The first-order valence-electron chi connectivity index (χ1n) is 6.98. The van der Waals surface area contributed by atoms with Gasteiger partial charge < -0.3 is 10.6 Å². The average molecular weight is 301 g/mol. The molecule has 3 nitrogen and oxygen atoms in total. The van der Waals surface area contributed by atoms with E-state index in [1.807, 2.05) is 30.0 Å². The van der Waals surface area contributed by atoms with Crippen LogP contribution in [0.4, 0.5) is 5.69 Å². The van der Waals surface area contributed by atoms with Crippen molar-refractivity contribution < 1.29 is 4.79 Å². The molecule has 1 aliphatic rings. The minimum Gasteiger partial charge on any atom is -0.398 e. The average Bonchev–Trinajstić information content (AvgIpc) is 2.49. The number of aryl methyl sites for hydroxylation is 1. The number of amides is 1. The third-order valence-electron chi connectivity index (χ3n) is 4.00. The van der Waals surface area contributed by atoms with E-state index in [1.165, 1.54) is 5.56 Å². The van der Waals surface area contributed by atoms with Crippen molar-refractivity contribution in [1.29, 1.82) is 0 Å². The molecule has 2 N–H and O–H groups in total. The Labute approximate surface area is 129 Å². The monoisotopic (exact) mass is 300 g/mol. The first-order valence-corrected chi connectivity index (χ1v) is 7.35. The lowest BCUT2D eigenvalue weighted by atomic mass is 9.97. The molecule has 1 aliphatic heterocycles. The van der Waals surface area contributed by atoms with Crippen LogP contribution in [0.25, 0.3) is 0 Å². The van der Waals surface area contributed by atoms with Crippen LogP contribution in [0.3, 0.4) is 0 Å². The van der Waals surface area contributed by atoms with Gasteiger partial charge in [0.15, 0.2) is 0 Å². The number of nitrogen functional groups attached to an aromatic ring is 1. The second-order valence-corrected chi connectivity index (χ2v) is 5.83. The van der Waals surface area contributed by atoms with Crippen LogP contribution in [0.2, 0.25) is 5.02 Å². The molecule has 0 saturated carbocycles. The molecule has 0 aliphatic carbocycles. The number of nitrogens with zero attached hydrogens (tertiary/aromatic N) is 1. The Morgan fingerprint density at radius 3 is 2.86 bits per heavy atom. The topological polar surface area (TPSA) is 46.3 Å². The summed E-state index contributed by atoms with van der Waals surface area (Å²) in [6, 6.07) is 11.3. The Kier molecular flexibility index (Phi) is 3.60. The second-order valence-electron chi connectivity index (χ2n) is 5.43. The lowest BCUT2D eigenvalue weighted by molar-refractivity contribution is 0.0735. The minimum atomic E-state index is 0.0312. The molecule has 0 atom stereocenters. The molecule has 0 radical (unpaired) electrons. The van der Waals surface area contributed by atoms with E-state index in [0.717, 1.165) is 29.8 Å². The van der Waals surface area contributed by atoms with Gasteiger partial charge in [0.25, 0.3) is 5.91 Å². The quantitative estimate of drug-likeness (QED) is 0.820. The molecule has 0 fully saturated rings. The third-order valence-corrected chi connectivity index (χ3v) is 4.43. The third kappa shape index (κ3) is 2.61. The van der Waals surface area contributed by atoms with Gasteiger partial charge >= 0.3 is 0 Å². The number of hydrogen-bond donors (Lipinski definition) is 1. The van der Waals surface area contributed by atoms with Gasteiger partial charge in [-0.25, -0.2) is 0 Å². The van der Waals surface area contributed by atoms with Crippen LogP contribution in [0, 0.1) is 6.92 Å². The first kappa shape index (κ1) is 14.0. The summed E-state index contributed by atoms with van der Waals surface area (Å²) in [6.07, 6.45) is 0.846. The van der Waals surface area contributed by atoms with Crippen molar-refractivity contribution >= 4 is 23.2 Å². The highest BCUT2D eigenvalue weighted by Crippen LogP contribution is 2.26. The van der Waals surface area contributed by atoms with Crippen LogP contribution in [0.15, 0.2) is 36.4 Å². The van der Waals surface area contributed by atoms with Crippen LogP contribution in [-0.4, -0.2) is 17.4 Å². The molecule has 1 amide bonds. The SMILES string of the molecule is Cc1cc(C(=O)N2CCc3cccc(N)c3C2)ccc1Cl. The first-order chi connectivity index (χ1) is 10.1. The number of carbonyl (C=O) groups is 1. The number of rotatable bonds is 1. The molecular weight excluding hydrogens is 284 g/mol. The standard InChI is InChI=1S/C17H17ClN2O/c1-11-9-13(5-6-15(11)18)17(21)20-8-7-12-3-2-4-16(19)14(12)10-20/h2-6,9H,7-8,10,19H2,1H3. The summed E-state index contributed by atoms with van der Waals surface area (Å²) in [4.78, 5) is 14.5. The molecule has 3 rings (SSSR count). The van der Waals surface area contributed by atoms with Crippen molar-refractivity contribution in [1.82, 2.24) is 4.90 Å². The Bertz CT molecular complexity index is 712. The predicted octanol–water partition coefficient (Wildman–Crippen LogP) is 3.43. The summed E-state index contributed by atoms with van der Waals surface area (Å²) >= 11 is 6.02. The van der Waals surface area contributed by atoms with Crippen LogP contribution < -0.4 is 5.73 Å². The van der Waals surface area contributed by atoms with Gasteiger partial charge in [0.1, 0.15) is 0 Å². The summed E-state index contributed by atoms with van der Waals surface area (Å²) in [5.41, 5.74) is 10.7. The van der Waals surface area contributed by atoms with Gasteiger partial charge in [-0.1, -0.05) is 23.7 Å². The number of fused-ring (bicyclic) bond motifs is 1. The maximum atomic E-state index is 12.6. The molecule has 0 spiro atoms. The molecule has 21 heavy (non-hydrogen) atoms. The van der Waals surface area contributed by atoms with Gasteiger partial charge in [-0.3, -0.25) is 4.79 Å². The Morgan fingerprint density at radius 2 is 2.10 bits per heavy atom. The van der Waals surface area contributed by atoms with Crippen LogP contribution in [0.1, 0.15) is 27.0 Å².